The Morgan fingerprint density at radius 3 is 2.79 bits per heavy atom. The minimum atomic E-state index is 0.604. The number of pyridine rings is 1. The van der Waals surface area contributed by atoms with Crippen molar-refractivity contribution >= 4 is 0 Å². The number of hydrogen-bond donors (Lipinski definition) is 1. The van der Waals surface area contributed by atoms with E-state index in [-0.39, 0.29) is 0 Å². The Kier molecular flexibility index (Phi) is 4.57. The molecule has 4 aromatic rings. The SMILES string of the molecule is COc1ccc(-c2nc3c([nH]2)CN(Cc2cnn(-c4ccccc4)c2)CC3)cn1. The Bertz CT molecular complexity index is 1100. The molecule has 0 fully saturated rings. The summed E-state index contributed by atoms with van der Waals surface area (Å²) in [4.78, 5) is 15.0. The fraction of sp³-hybridized carbons (Fsp3) is 0.227. The molecule has 0 saturated carbocycles. The summed E-state index contributed by atoms with van der Waals surface area (Å²) in [6.45, 7) is 2.70. The molecule has 0 saturated heterocycles. The van der Waals surface area contributed by atoms with Gasteiger partial charge in [0.2, 0.25) is 5.88 Å². The molecule has 0 amide bonds. The number of nitrogens with one attached hydrogen (secondary N) is 1. The van der Waals surface area contributed by atoms with Gasteiger partial charge in [0, 0.05) is 55.6 Å². The third kappa shape index (κ3) is 3.64. The lowest BCUT2D eigenvalue weighted by Gasteiger charge is -2.25. The van der Waals surface area contributed by atoms with Gasteiger partial charge in [-0.25, -0.2) is 14.6 Å². The maximum Gasteiger partial charge on any atom is 0.212 e. The predicted octanol–water partition coefficient (Wildman–Crippen LogP) is 3.22. The van der Waals surface area contributed by atoms with Crippen molar-refractivity contribution in [2.75, 3.05) is 13.7 Å². The van der Waals surface area contributed by atoms with Crippen molar-refractivity contribution in [3.63, 3.8) is 0 Å². The van der Waals surface area contributed by atoms with E-state index in [0.29, 0.717) is 5.88 Å². The number of hydrogen-bond acceptors (Lipinski definition) is 5. The van der Waals surface area contributed by atoms with Crippen molar-refractivity contribution in [1.29, 1.82) is 0 Å². The molecule has 0 bridgehead atoms. The van der Waals surface area contributed by atoms with Crippen LogP contribution in [0.4, 0.5) is 0 Å². The van der Waals surface area contributed by atoms with E-state index in [4.69, 9.17) is 9.72 Å². The van der Waals surface area contributed by atoms with Crippen molar-refractivity contribution in [1.82, 2.24) is 29.6 Å². The molecule has 7 nitrogen and oxygen atoms in total. The van der Waals surface area contributed by atoms with Crippen molar-refractivity contribution in [3.05, 3.63) is 78.0 Å². The van der Waals surface area contributed by atoms with Crippen LogP contribution in [-0.4, -0.2) is 43.3 Å². The van der Waals surface area contributed by atoms with Gasteiger partial charge < -0.3 is 9.72 Å². The van der Waals surface area contributed by atoms with Crippen LogP contribution in [-0.2, 0) is 19.5 Å². The number of aromatic nitrogens is 5. The molecule has 0 unspecified atom stereocenters. The van der Waals surface area contributed by atoms with Gasteiger partial charge in [-0.3, -0.25) is 4.90 Å². The number of imidazole rings is 1. The molecule has 7 heteroatoms. The summed E-state index contributed by atoms with van der Waals surface area (Å²) in [5, 5.41) is 4.51. The van der Waals surface area contributed by atoms with E-state index in [2.05, 4.69) is 38.3 Å². The minimum Gasteiger partial charge on any atom is -0.481 e. The molecule has 5 rings (SSSR count). The zero-order valence-electron chi connectivity index (χ0n) is 16.2. The maximum atomic E-state index is 5.13. The molecule has 1 N–H and O–H groups in total. The normalized spacial score (nSPS) is 14.0. The first kappa shape index (κ1) is 17.6. The number of fused-ring (bicyclic) bond motifs is 1. The number of aromatic amines is 1. The summed E-state index contributed by atoms with van der Waals surface area (Å²) in [7, 11) is 1.62. The molecule has 0 atom stereocenters. The molecule has 4 heterocycles. The largest absolute Gasteiger partial charge is 0.481 e. The van der Waals surface area contributed by atoms with Gasteiger partial charge in [-0.05, 0) is 18.2 Å². The van der Waals surface area contributed by atoms with Gasteiger partial charge in [0.1, 0.15) is 5.82 Å². The molecule has 29 heavy (non-hydrogen) atoms. The lowest BCUT2D eigenvalue weighted by molar-refractivity contribution is 0.241. The number of rotatable bonds is 5. The number of methoxy groups -OCH3 is 1. The third-order valence-electron chi connectivity index (χ3n) is 5.19. The van der Waals surface area contributed by atoms with Gasteiger partial charge >= 0.3 is 0 Å². The molecule has 146 valence electrons. The van der Waals surface area contributed by atoms with E-state index in [1.807, 2.05) is 41.2 Å². The Morgan fingerprint density at radius 1 is 1.10 bits per heavy atom. The zero-order chi connectivity index (χ0) is 19.6. The summed E-state index contributed by atoms with van der Waals surface area (Å²) in [6.07, 6.45) is 6.78. The topological polar surface area (TPSA) is 71.9 Å². The molecule has 1 aliphatic rings. The second-order valence-corrected chi connectivity index (χ2v) is 7.19. The number of H-pyrrole nitrogens is 1. The first-order valence-corrected chi connectivity index (χ1v) is 9.68. The predicted molar refractivity (Wildman–Crippen MR) is 110 cm³/mol. The van der Waals surface area contributed by atoms with Gasteiger partial charge in [-0.1, -0.05) is 18.2 Å². The fourth-order valence-corrected chi connectivity index (χ4v) is 3.68. The second-order valence-electron chi connectivity index (χ2n) is 7.19. The highest BCUT2D eigenvalue weighted by Crippen LogP contribution is 2.24. The number of ether oxygens (including phenoxy) is 1. The van der Waals surface area contributed by atoms with Crippen LogP contribution in [0.5, 0.6) is 5.88 Å². The highest BCUT2D eigenvalue weighted by Gasteiger charge is 2.21. The quantitative estimate of drug-likeness (QED) is 0.570. The molecule has 1 aromatic carbocycles. The first-order chi connectivity index (χ1) is 14.3. The van der Waals surface area contributed by atoms with Crippen LogP contribution >= 0.6 is 0 Å². The van der Waals surface area contributed by atoms with E-state index < -0.39 is 0 Å². The summed E-state index contributed by atoms with van der Waals surface area (Å²) >= 11 is 0. The molecule has 0 radical (unpaired) electrons. The molecular weight excluding hydrogens is 364 g/mol. The zero-order valence-corrected chi connectivity index (χ0v) is 16.2. The van der Waals surface area contributed by atoms with Crippen LogP contribution < -0.4 is 4.74 Å². The smallest absolute Gasteiger partial charge is 0.212 e. The van der Waals surface area contributed by atoms with Crippen LogP contribution in [0.25, 0.3) is 17.1 Å². The van der Waals surface area contributed by atoms with E-state index in [0.717, 1.165) is 48.8 Å². The van der Waals surface area contributed by atoms with Crippen LogP contribution in [0.3, 0.4) is 0 Å². The monoisotopic (exact) mass is 386 g/mol. The average molecular weight is 386 g/mol. The summed E-state index contributed by atoms with van der Waals surface area (Å²) in [6, 6.07) is 14.0. The van der Waals surface area contributed by atoms with E-state index in [1.54, 1.807) is 13.3 Å². The van der Waals surface area contributed by atoms with Crippen LogP contribution in [0.15, 0.2) is 61.1 Å². The summed E-state index contributed by atoms with van der Waals surface area (Å²) in [5.41, 5.74) is 5.57. The van der Waals surface area contributed by atoms with Crippen molar-refractivity contribution in [2.24, 2.45) is 0 Å². The van der Waals surface area contributed by atoms with Crippen LogP contribution in [0.1, 0.15) is 17.0 Å². The van der Waals surface area contributed by atoms with E-state index in [9.17, 15) is 0 Å². The van der Waals surface area contributed by atoms with Gasteiger partial charge in [-0.15, -0.1) is 0 Å². The highest BCUT2D eigenvalue weighted by molar-refractivity contribution is 5.55. The first-order valence-electron chi connectivity index (χ1n) is 9.68. The third-order valence-corrected chi connectivity index (χ3v) is 5.19. The summed E-state index contributed by atoms with van der Waals surface area (Å²) < 4.78 is 7.06. The number of nitrogens with zero attached hydrogens (tertiary/aromatic N) is 5. The number of benzene rings is 1. The summed E-state index contributed by atoms with van der Waals surface area (Å²) in [5.74, 6) is 1.47. The second kappa shape index (κ2) is 7.52. The molecule has 3 aromatic heterocycles. The van der Waals surface area contributed by atoms with Crippen molar-refractivity contribution in [3.8, 4) is 23.0 Å². The van der Waals surface area contributed by atoms with E-state index >= 15 is 0 Å². The highest BCUT2D eigenvalue weighted by atomic mass is 16.5. The average Bonchev–Trinajstić information content (AvgIpc) is 3.41. The van der Waals surface area contributed by atoms with Gasteiger partial charge in [0.15, 0.2) is 0 Å². The maximum absolute atomic E-state index is 5.13. The lowest BCUT2D eigenvalue weighted by atomic mass is 10.1. The molecule has 0 spiro atoms. The van der Waals surface area contributed by atoms with Gasteiger partial charge in [0.05, 0.1) is 30.4 Å². The van der Waals surface area contributed by atoms with E-state index in [1.165, 1.54) is 11.3 Å². The van der Waals surface area contributed by atoms with Crippen LogP contribution in [0.2, 0.25) is 0 Å². The van der Waals surface area contributed by atoms with Crippen molar-refractivity contribution in [2.45, 2.75) is 19.5 Å². The van der Waals surface area contributed by atoms with Gasteiger partial charge in [-0.2, -0.15) is 5.10 Å². The minimum absolute atomic E-state index is 0.604. The Labute approximate surface area is 169 Å². The molecule has 1 aliphatic heterocycles. The molecule has 0 aliphatic carbocycles. The Balaban J connectivity index is 1.29. The Morgan fingerprint density at radius 2 is 2.00 bits per heavy atom. The van der Waals surface area contributed by atoms with Crippen LogP contribution in [0, 0.1) is 0 Å². The standard InChI is InChI=1S/C22H22N6O/c1-29-21-8-7-17(12-23-21)22-25-19-9-10-27(15-20(19)26-22)13-16-11-24-28(14-16)18-5-3-2-4-6-18/h2-8,11-12,14H,9-10,13,15H2,1H3,(H,25,26). The lowest BCUT2D eigenvalue weighted by Crippen LogP contribution is -2.30. The fourth-order valence-electron chi connectivity index (χ4n) is 3.68. The van der Waals surface area contributed by atoms with Gasteiger partial charge in [0.25, 0.3) is 0 Å². The van der Waals surface area contributed by atoms with Crippen molar-refractivity contribution < 1.29 is 4.74 Å². The Hall–Kier alpha value is -3.45. The molecular formula is C22H22N6O. The number of para-hydroxylation sites is 1.